The number of rotatable bonds is 5. The van der Waals surface area contributed by atoms with Crippen molar-refractivity contribution in [2.75, 3.05) is 20.6 Å². The first-order valence-corrected chi connectivity index (χ1v) is 7.66. The maximum absolute atomic E-state index is 13.7. The summed E-state index contributed by atoms with van der Waals surface area (Å²) >= 11 is 0. The van der Waals surface area contributed by atoms with E-state index in [-0.39, 0.29) is 41.7 Å². The second-order valence-corrected chi connectivity index (χ2v) is 6.26. The van der Waals surface area contributed by atoms with Gasteiger partial charge < -0.3 is 16.0 Å². The molecule has 0 bridgehead atoms. The molecule has 1 aromatic rings. The Balaban J connectivity index is 0.00000529. The first-order chi connectivity index (χ1) is 10.7. The summed E-state index contributed by atoms with van der Waals surface area (Å²) in [5, 5.41) is 8.98. The summed E-state index contributed by atoms with van der Waals surface area (Å²) in [6, 6.07) is 5.06. The molecule has 1 unspecified atom stereocenters. The largest absolute Gasteiger partial charge is 0.359 e. The molecule has 0 aliphatic carbocycles. The Morgan fingerprint density at radius 2 is 2.00 bits per heavy atom. The maximum Gasteiger partial charge on any atom is 0.227 e. The monoisotopic (exact) mass is 450 g/mol. The zero-order valence-corrected chi connectivity index (χ0v) is 17.5. The molecule has 3 N–H and O–H groups in total. The zero-order valence-electron chi connectivity index (χ0n) is 15.2. The van der Waals surface area contributed by atoms with E-state index in [4.69, 9.17) is 0 Å². The van der Waals surface area contributed by atoms with Crippen LogP contribution in [0.15, 0.2) is 23.2 Å². The SMILES string of the molecule is CN=C(NCC(C)(C)C(=O)NC)NC(C)c1ccc(C)c(F)c1.I. The maximum atomic E-state index is 13.7. The van der Waals surface area contributed by atoms with Crippen molar-refractivity contribution < 1.29 is 9.18 Å². The predicted octanol–water partition coefficient (Wildman–Crippen LogP) is 2.75. The molecule has 136 valence electrons. The van der Waals surface area contributed by atoms with Crippen molar-refractivity contribution in [2.45, 2.75) is 33.7 Å². The molecule has 7 heteroatoms. The van der Waals surface area contributed by atoms with Crippen LogP contribution in [-0.2, 0) is 4.79 Å². The summed E-state index contributed by atoms with van der Waals surface area (Å²) in [5.41, 5.74) is 0.892. The second-order valence-electron chi connectivity index (χ2n) is 6.26. The lowest BCUT2D eigenvalue weighted by Crippen LogP contribution is -2.47. The van der Waals surface area contributed by atoms with Gasteiger partial charge in [0, 0.05) is 20.6 Å². The number of carbonyl (C=O) groups is 1. The second kappa shape index (κ2) is 9.80. The van der Waals surface area contributed by atoms with Crippen LogP contribution >= 0.6 is 24.0 Å². The number of hydrogen-bond donors (Lipinski definition) is 3. The van der Waals surface area contributed by atoms with Gasteiger partial charge in [0.2, 0.25) is 5.91 Å². The van der Waals surface area contributed by atoms with Gasteiger partial charge in [-0.15, -0.1) is 24.0 Å². The van der Waals surface area contributed by atoms with Gasteiger partial charge in [-0.3, -0.25) is 9.79 Å². The highest BCUT2D eigenvalue weighted by atomic mass is 127. The van der Waals surface area contributed by atoms with E-state index in [1.165, 1.54) is 6.07 Å². The fourth-order valence-electron chi connectivity index (χ4n) is 2.08. The van der Waals surface area contributed by atoms with Crippen LogP contribution in [0.1, 0.15) is 37.9 Å². The first kappa shape index (κ1) is 22.6. The number of aliphatic imine (C=N–C) groups is 1. The van der Waals surface area contributed by atoms with Crippen LogP contribution in [0.4, 0.5) is 4.39 Å². The average molecular weight is 450 g/mol. The molecular formula is C17H28FIN4O. The van der Waals surface area contributed by atoms with E-state index in [2.05, 4.69) is 20.9 Å². The summed E-state index contributed by atoms with van der Waals surface area (Å²) in [6.07, 6.45) is 0. The summed E-state index contributed by atoms with van der Waals surface area (Å²) in [7, 11) is 3.27. The molecule has 0 aromatic heterocycles. The van der Waals surface area contributed by atoms with Gasteiger partial charge >= 0.3 is 0 Å². The summed E-state index contributed by atoms with van der Waals surface area (Å²) in [6.45, 7) is 7.80. The minimum absolute atomic E-state index is 0. The molecule has 1 atom stereocenters. The quantitative estimate of drug-likeness (QED) is 0.367. The highest BCUT2D eigenvalue weighted by Gasteiger charge is 2.26. The molecule has 0 fully saturated rings. The lowest BCUT2D eigenvalue weighted by molar-refractivity contribution is -0.128. The van der Waals surface area contributed by atoms with Crippen LogP contribution in [-0.4, -0.2) is 32.5 Å². The molecule has 0 saturated heterocycles. The smallest absolute Gasteiger partial charge is 0.227 e. The Labute approximate surface area is 160 Å². The highest BCUT2D eigenvalue weighted by molar-refractivity contribution is 14.0. The molecule has 5 nitrogen and oxygen atoms in total. The van der Waals surface area contributed by atoms with Crippen molar-refractivity contribution in [3.63, 3.8) is 0 Å². The number of carbonyl (C=O) groups excluding carboxylic acids is 1. The van der Waals surface area contributed by atoms with E-state index < -0.39 is 5.41 Å². The van der Waals surface area contributed by atoms with E-state index in [0.29, 0.717) is 18.1 Å². The van der Waals surface area contributed by atoms with E-state index in [9.17, 15) is 9.18 Å². The van der Waals surface area contributed by atoms with Crippen molar-refractivity contribution in [1.82, 2.24) is 16.0 Å². The van der Waals surface area contributed by atoms with Gasteiger partial charge in [0.15, 0.2) is 5.96 Å². The third kappa shape index (κ3) is 6.26. The van der Waals surface area contributed by atoms with Gasteiger partial charge in [0.25, 0.3) is 0 Å². The number of aryl methyl sites for hydroxylation is 1. The third-order valence-electron chi connectivity index (χ3n) is 3.81. The summed E-state index contributed by atoms with van der Waals surface area (Å²) in [5.74, 6) is 0.296. The normalized spacial score (nSPS) is 12.9. The average Bonchev–Trinajstić information content (AvgIpc) is 2.52. The molecule has 1 rings (SSSR count). The fraction of sp³-hybridized carbons (Fsp3) is 0.529. The summed E-state index contributed by atoms with van der Waals surface area (Å²) in [4.78, 5) is 15.9. The Kier molecular flexibility index (Phi) is 9.24. The summed E-state index contributed by atoms with van der Waals surface area (Å²) < 4.78 is 13.7. The van der Waals surface area contributed by atoms with Gasteiger partial charge in [-0.1, -0.05) is 12.1 Å². The number of nitrogens with zero attached hydrogens (tertiary/aromatic N) is 1. The predicted molar refractivity (Wildman–Crippen MR) is 107 cm³/mol. The van der Waals surface area contributed by atoms with Gasteiger partial charge in [-0.2, -0.15) is 0 Å². The van der Waals surface area contributed by atoms with E-state index >= 15 is 0 Å². The van der Waals surface area contributed by atoms with E-state index in [1.54, 1.807) is 27.1 Å². The minimum Gasteiger partial charge on any atom is -0.359 e. The molecule has 0 aliphatic rings. The van der Waals surface area contributed by atoms with Crippen molar-refractivity contribution >= 4 is 35.8 Å². The van der Waals surface area contributed by atoms with Crippen LogP contribution in [0, 0.1) is 18.2 Å². The molecule has 24 heavy (non-hydrogen) atoms. The fourth-order valence-corrected chi connectivity index (χ4v) is 2.08. The minimum atomic E-state index is -0.564. The highest BCUT2D eigenvalue weighted by Crippen LogP contribution is 2.16. The van der Waals surface area contributed by atoms with Gasteiger partial charge in [0.1, 0.15) is 5.82 Å². The van der Waals surface area contributed by atoms with Crippen LogP contribution < -0.4 is 16.0 Å². The molecule has 0 saturated carbocycles. The van der Waals surface area contributed by atoms with Crippen LogP contribution in [0.2, 0.25) is 0 Å². The number of halogens is 2. The lowest BCUT2D eigenvalue weighted by Gasteiger charge is -2.25. The number of guanidine groups is 1. The van der Waals surface area contributed by atoms with Crippen molar-refractivity contribution in [3.05, 3.63) is 35.1 Å². The van der Waals surface area contributed by atoms with Crippen LogP contribution in [0.3, 0.4) is 0 Å². The first-order valence-electron chi connectivity index (χ1n) is 7.66. The molecule has 0 aliphatic heterocycles. The van der Waals surface area contributed by atoms with E-state index in [0.717, 1.165) is 5.56 Å². The lowest BCUT2D eigenvalue weighted by atomic mass is 9.92. The third-order valence-corrected chi connectivity index (χ3v) is 3.81. The molecule has 0 spiro atoms. The van der Waals surface area contributed by atoms with Crippen LogP contribution in [0.5, 0.6) is 0 Å². The molecular weight excluding hydrogens is 422 g/mol. The van der Waals surface area contributed by atoms with Gasteiger partial charge in [-0.05, 0) is 44.9 Å². The Bertz CT molecular complexity index is 590. The van der Waals surface area contributed by atoms with Crippen molar-refractivity contribution in [2.24, 2.45) is 10.4 Å². The van der Waals surface area contributed by atoms with E-state index in [1.807, 2.05) is 26.8 Å². The standard InChI is InChI=1S/C17H27FN4O.HI/c1-11-7-8-13(9-14(11)18)12(2)22-16(20-6)21-10-17(3,4)15(23)19-5;/h7-9,12H,10H2,1-6H3,(H,19,23)(H2,20,21,22);1H. The Morgan fingerprint density at radius 3 is 2.50 bits per heavy atom. The molecule has 0 radical (unpaired) electrons. The van der Waals surface area contributed by atoms with Gasteiger partial charge in [0.05, 0.1) is 11.5 Å². The Hall–Kier alpha value is -1.38. The van der Waals surface area contributed by atoms with Crippen LogP contribution in [0.25, 0.3) is 0 Å². The zero-order chi connectivity index (χ0) is 17.6. The number of nitrogens with one attached hydrogen (secondary N) is 3. The van der Waals surface area contributed by atoms with Crippen molar-refractivity contribution in [3.8, 4) is 0 Å². The van der Waals surface area contributed by atoms with Crippen molar-refractivity contribution in [1.29, 1.82) is 0 Å². The molecule has 1 aromatic carbocycles. The molecule has 1 amide bonds. The number of amides is 1. The number of benzene rings is 1. The Morgan fingerprint density at radius 1 is 1.38 bits per heavy atom. The topological polar surface area (TPSA) is 65.5 Å². The number of hydrogen-bond acceptors (Lipinski definition) is 2. The molecule has 0 heterocycles. The van der Waals surface area contributed by atoms with Gasteiger partial charge in [-0.25, -0.2) is 4.39 Å².